The second-order valence-corrected chi connectivity index (χ2v) is 4.49. The van der Waals surface area contributed by atoms with Gasteiger partial charge in [-0.05, 0) is 24.3 Å². The lowest BCUT2D eigenvalue weighted by Crippen LogP contribution is -2.34. The van der Waals surface area contributed by atoms with Gasteiger partial charge in [0.2, 0.25) is 5.91 Å². The summed E-state index contributed by atoms with van der Waals surface area (Å²) >= 11 is 0. The number of anilines is 1. The highest BCUT2D eigenvalue weighted by molar-refractivity contribution is 5.90. The van der Waals surface area contributed by atoms with Gasteiger partial charge in [-0.25, -0.2) is 4.57 Å². The first-order valence-corrected chi connectivity index (χ1v) is 6.36. The molecule has 0 radical (unpaired) electrons. The Bertz CT molecular complexity index is 595. The summed E-state index contributed by atoms with van der Waals surface area (Å²) in [5.41, 5.74) is -0.383. The van der Waals surface area contributed by atoms with Crippen LogP contribution in [0.25, 0.3) is 0 Å². The molecule has 1 heterocycles. The molecule has 0 spiro atoms. The molecule has 2 rings (SSSR count). The first-order valence-electron chi connectivity index (χ1n) is 6.36. The average Bonchev–Trinajstić information content (AvgIpc) is 2.46. The number of benzene rings is 1. The maximum atomic E-state index is 12.4. The quantitative estimate of drug-likeness (QED) is 0.864. The summed E-state index contributed by atoms with van der Waals surface area (Å²) in [6.45, 7) is 0.507. The SMILES string of the molecule is O=C(CC[n+]1ccccc1)Nc1ccc(C(F)(F)F)cc1. The van der Waals surface area contributed by atoms with Gasteiger partial charge in [0.25, 0.3) is 0 Å². The van der Waals surface area contributed by atoms with Gasteiger partial charge in [-0.1, -0.05) is 6.07 Å². The Labute approximate surface area is 120 Å². The predicted octanol–water partition coefficient (Wildman–Crippen LogP) is 3.02. The minimum Gasteiger partial charge on any atom is -0.326 e. The van der Waals surface area contributed by atoms with Gasteiger partial charge in [0.15, 0.2) is 18.9 Å². The Morgan fingerprint density at radius 3 is 2.24 bits per heavy atom. The number of rotatable bonds is 4. The normalized spacial score (nSPS) is 11.2. The molecule has 0 saturated heterocycles. The number of aryl methyl sites for hydroxylation is 1. The molecule has 1 aromatic carbocycles. The lowest BCUT2D eigenvalue weighted by atomic mass is 10.2. The number of alkyl halides is 3. The van der Waals surface area contributed by atoms with Gasteiger partial charge in [0, 0.05) is 17.8 Å². The van der Waals surface area contributed by atoms with Crippen LogP contribution in [0.1, 0.15) is 12.0 Å². The Morgan fingerprint density at radius 2 is 1.67 bits per heavy atom. The lowest BCUT2D eigenvalue weighted by Gasteiger charge is -2.08. The molecule has 1 amide bonds. The van der Waals surface area contributed by atoms with Crippen molar-refractivity contribution in [2.45, 2.75) is 19.1 Å². The summed E-state index contributed by atoms with van der Waals surface area (Å²) in [7, 11) is 0. The Morgan fingerprint density at radius 1 is 1.05 bits per heavy atom. The van der Waals surface area contributed by atoms with Crippen molar-refractivity contribution in [3.05, 3.63) is 60.4 Å². The number of carbonyl (C=O) groups is 1. The van der Waals surface area contributed by atoms with Crippen LogP contribution >= 0.6 is 0 Å². The van der Waals surface area contributed by atoms with Crippen molar-refractivity contribution in [1.82, 2.24) is 0 Å². The van der Waals surface area contributed by atoms with Crippen molar-refractivity contribution in [2.24, 2.45) is 0 Å². The number of hydrogen-bond donors (Lipinski definition) is 1. The highest BCUT2D eigenvalue weighted by Crippen LogP contribution is 2.29. The smallest absolute Gasteiger partial charge is 0.326 e. The minimum atomic E-state index is -4.37. The zero-order chi connectivity index (χ0) is 15.3. The topological polar surface area (TPSA) is 33.0 Å². The van der Waals surface area contributed by atoms with E-state index in [1.54, 1.807) is 0 Å². The number of carbonyl (C=O) groups excluding carboxylic acids is 1. The number of pyridine rings is 1. The fourth-order valence-corrected chi connectivity index (χ4v) is 1.78. The highest BCUT2D eigenvalue weighted by Gasteiger charge is 2.29. The van der Waals surface area contributed by atoms with Crippen molar-refractivity contribution in [3.63, 3.8) is 0 Å². The Hall–Kier alpha value is -2.37. The maximum Gasteiger partial charge on any atom is 0.416 e. The van der Waals surface area contributed by atoms with Crippen LogP contribution in [0.2, 0.25) is 0 Å². The van der Waals surface area contributed by atoms with Gasteiger partial charge in [-0.15, -0.1) is 0 Å². The predicted molar refractivity (Wildman–Crippen MR) is 71.3 cm³/mol. The summed E-state index contributed by atoms with van der Waals surface area (Å²) < 4.78 is 39.1. The van der Waals surface area contributed by atoms with Gasteiger partial charge in [-0.2, -0.15) is 13.2 Å². The van der Waals surface area contributed by atoms with Crippen LogP contribution in [0.3, 0.4) is 0 Å². The zero-order valence-corrected chi connectivity index (χ0v) is 11.1. The van der Waals surface area contributed by atoms with Crippen LogP contribution in [-0.2, 0) is 17.5 Å². The van der Waals surface area contributed by atoms with Crippen molar-refractivity contribution < 1.29 is 22.5 Å². The van der Waals surface area contributed by atoms with E-state index in [1.807, 2.05) is 35.2 Å². The van der Waals surface area contributed by atoms with Crippen LogP contribution in [0.5, 0.6) is 0 Å². The molecule has 1 aromatic heterocycles. The molecule has 0 fully saturated rings. The van der Waals surface area contributed by atoms with Gasteiger partial charge < -0.3 is 5.32 Å². The second-order valence-electron chi connectivity index (χ2n) is 4.49. The number of amides is 1. The van der Waals surface area contributed by atoms with Crippen LogP contribution in [0, 0.1) is 0 Å². The van der Waals surface area contributed by atoms with Crippen LogP contribution < -0.4 is 9.88 Å². The monoisotopic (exact) mass is 295 g/mol. The molecular weight excluding hydrogens is 281 g/mol. The number of aromatic nitrogens is 1. The van der Waals surface area contributed by atoms with E-state index in [2.05, 4.69) is 5.32 Å². The van der Waals surface area contributed by atoms with Crippen molar-refractivity contribution in [3.8, 4) is 0 Å². The largest absolute Gasteiger partial charge is 0.416 e. The van der Waals surface area contributed by atoms with Crippen LogP contribution in [0.15, 0.2) is 54.9 Å². The van der Waals surface area contributed by atoms with E-state index in [0.717, 1.165) is 12.1 Å². The van der Waals surface area contributed by atoms with Crippen LogP contribution in [-0.4, -0.2) is 5.91 Å². The van der Waals surface area contributed by atoms with Crippen molar-refractivity contribution in [1.29, 1.82) is 0 Å². The zero-order valence-electron chi connectivity index (χ0n) is 11.1. The number of hydrogen-bond acceptors (Lipinski definition) is 1. The van der Waals surface area contributed by atoms with Gasteiger partial charge in [0.05, 0.1) is 12.0 Å². The molecule has 21 heavy (non-hydrogen) atoms. The molecule has 0 unspecified atom stereocenters. The van der Waals surface area contributed by atoms with Gasteiger partial charge >= 0.3 is 6.18 Å². The van der Waals surface area contributed by atoms with E-state index in [1.165, 1.54) is 12.1 Å². The van der Waals surface area contributed by atoms with Crippen LogP contribution in [0.4, 0.5) is 18.9 Å². The molecule has 2 aromatic rings. The molecule has 1 N–H and O–H groups in total. The number of halogens is 3. The standard InChI is InChI=1S/C15H13F3N2O/c16-15(17,18)12-4-6-13(7-5-12)19-14(21)8-11-20-9-2-1-3-10-20/h1-7,9-10H,8,11H2/p+1. The first-order chi connectivity index (χ1) is 9.95. The number of nitrogens with one attached hydrogen (secondary N) is 1. The highest BCUT2D eigenvalue weighted by atomic mass is 19.4. The van der Waals surface area contributed by atoms with E-state index in [9.17, 15) is 18.0 Å². The van der Waals surface area contributed by atoms with Crippen molar-refractivity contribution in [2.75, 3.05) is 5.32 Å². The molecule has 0 aliphatic carbocycles. The van der Waals surface area contributed by atoms with E-state index < -0.39 is 11.7 Å². The summed E-state index contributed by atoms with van der Waals surface area (Å²) in [6, 6.07) is 9.97. The van der Waals surface area contributed by atoms with E-state index in [4.69, 9.17) is 0 Å². The third kappa shape index (κ3) is 4.59. The van der Waals surface area contributed by atoms with Crippen molar-refractivity contribution >= 4 is 11.6 Å². The van der Waals surface area contributed by atoms with E-state index in [0.29, 0.717) is 12.2 Å². The molecule has 110 valence electrons. The molecule has 0 aliphatic heterocycles. The van der Waals surface area contributed by atoms with E-state index in [-0.39, 0.29) is 12.3 Å². The minimum absolute atomic E-state index is 0.244. The summed E-state index contributed by atoms with van der Waals surface area (Å²) in [5, 5.41) is 2.57. The molecule has 0 bridgehead atoms. The molecule has 0 atom stereocenters. The van der Waals surface area contributed by atoms with Gasteiger partial charge in [0.1, 0.15) is 0 Å². The summed E-state index contributed by atoms with van der Waals surface area (Å²) in [4.78, 5) is 11.7. The fraction of sp³-hybridized carbons (Fsp3) is 0.200. The molecule has 3 nitrogen and oxygen atoms in total. The Balaban J connectivity index is 1.88. The fourth-order valence-electron chi connectivity index (χ4n) is 1.78. The maximum absolute atomic E-state index is 12.4. The molecule has 6 heteroatoms. The lowest BCUT2D eigenvalue weighted by molar-refractivity contribution is -0.695. The molecular formula is C15H14F3N2O+. The average molecular weight is 295 g/mol. The Kier molecular flexibility index (Phi) is 4.57. The second kappa shape index (κ2) is 6.39. The van der Waals surface area contributed by atoms with Gasteiger partial charge in [-0.3, -0.25) is 4.79 Å². The third-order valence-electron chi connectivity index (χ3n) is 2.87. The number of nitrogens with zero attached hydrogens (tertiary/aromatic N) is 1. The summed E-state index contributed by atoms with van der Waals surface area (Å²) in [5.74, 6) is -0.244. The third-order valence-corrected chi connectivity index (χ3v) is 2.87. The molecule has 0 aliphatic rings. The van der Waals surface area contributed by atoms with E-state index >= 15 is 0 Å². The summed E-state index contributed by atoms with van der Waals surface area (Å²) in [6.07, 6.45) is -0.445. The first kappa shape index (κ1) is 15.0. The molecule has 0 saturated carbocycles.